The molecule has 0 aromatic carbocycles. The van der Waals surface area contributed by atoms with Crippen LogP contribution in [0.3, 0.4) is 0 Å². The summed E-state index contributed by atoms with van der Waals surface area (Å²) in [7, 11) is 0. The number of carbonyl (C=O) groups is 2. The Hall–Kier alpha value is -1.85. The molecule has 2 heterocycles. The maximum Gasteiger partial charge on any atom is 0.337 e. The van der Waals surface area contributed by atoms with E-state index >= 15 is 0 Å². The first-order valence-corrected chi connectivity index (χ1v) is 11.1. The van der Waals surface area contributed by atoms with Crippen LogP contribution in [-0.4, -0.2) is 60.4 Å². The van der Waals surface area contributed by atoms with E-state index in [4.69, 9.17) is 9.47 Å². The Kier molecular flexibility index (Phi) is 9.51. The number of rotatable bonds is 12. The van der Waals surface area contributed by atoms with Gasteiger partial charge in [-0.05, 0) is 26.7 Å². The summed E-state index contributed by atoms with van der Waals surface area (Å²) in [6.07, 6.45) is 1.49. The second kappa shape index (κ2) is 11.9. The van der Waals surface area contributed by atoms with Gasteiger partial charge >= 0.3 is 12.0 Å². The summed E-state index contributed by atoms with van der Waals surface area (Å²) in [5, 5.41) is 17.7. The monoisotopic (exact) mass is 429 g/mol. The zero-order valence-corrected chi connectivity index (χ0v) is 18.0. The highest BCUT2D eigenvalue weighted by Crippen LogP contribution is 2.28. The Morgan fingerprint density at radius 3 is 2.82 bits per heavy atom. The quantitative estimate of drug-likeness (QED) is 0.264. The Morgan fingerprint density at radius 2 is 2.11 bits per heavy atom. The first-order chi connectivity index (χ1) is 13.6. The summed E-state index contributed by atoms with van der Waals surface area (Å²) in [5.41, 5.74) is 1.02. The summed E-state index contributed by atoms with van der Waals surface area (Å²) in [6.45, 7) is 8.10. The van der Waals surface area contributed by atoms with Gasteiger partial charge in [0.15, 0.2) is 4.34 Å². The predicted octanol–water partition coefficient (Wildman–Crippen LogP) is 2.38. The Balaban J connectivity index is 1.98. The molecule has 0 fully saturated rings. The number of carbonyl (C=O) groups excluding carboxylic acids is 2. The van der Waals surface area contributed by atoms with E-state index in [9.17, 15) is 9.59 Å². The summed E-state index contributed by atoms with van der Waals surface area (Å²) in [4.78, 5) is 24.3. The molecule has 1 aliphatic rings. The highest BCUT2D eigenvalue weighted by molar-refractivity contribution is 8.01. The fourth-order valence-corrected chi connectivity index (χ4v) is 4.31. The van der Waals surface area contributed by atoms with E-state index in [0.717, 1.165) is 22.4 Å². The third-order valence-electron chi connectivity index (χ3n) is 3.84. The lowest BCUT2D eigenvalue weighted by Crippen LogP contribution is -2.50. The average molecular weight is 430 g/mol. The zero-order valence-electron chi connectivity index (χ0n) is 16.4. The number of urea groups is 1. The van der Waals surface area contributed by atoms with E-state index in [1.165, 1.54) is 23.1 Å². The fourth-order valence-electron chi connectivity index (χ4n) is 2.56. The van der Waals surface area contributed by atoms with Crippen LogP contribution in [0.15, 0.2) is 15.6 Å². The number of nitrogens with zero attached hydrogens (tertiary/aromatic N) is 2. The van der Waals surface area contributed by atoms with Crippen molar-refractivity contribution in [2.45, 2.75) is 44.0 Å². The number of ether oxygens (including phenoxy) is 2. The van der Waals surface area contributed by atoms with Crippen LogP contribution in [0.2, 0.25) is 0 Å². The highest BCUT2D eigenvalue weighted by Gasteiger charge is 2.31. The minimum Gasteiger partial charge on any atom is -0.463 e. The summed E-state index contributed by atoms with van der Waals surface area (Å²) >= 11 is 2.86. The summed E-state index contributed by atoms with van der Waals surface area (Å²) in [5.74, 6) is -0.0109. The molecule has 2 amide bonds. The van der Waals surface area contributed by atoms with Crippen molar-refractivity contribution in [2.24, 2.45) is 0 Å². The van der Waals surface area contributed by atoms with Crippen LogP contribution in [0.25, 0.3) is 0 Å². The number of anilines is 1. The number of nitrogens with one attached hydrogen (secondary N) is 3. The number of aromatic nitrogens is 2. The maximum atomic E-state index is 12.4. The van der Waals surface area contributed by atoms with Crippen LogP contribution in [0.1, 0.15) is 33.6 Å². The van der Waals surface area contributed by atoms with Gasteiger partial charge in [0.25, 0.3) is 0 Å². The molecule has 0 aliphatic carbocycles. The van der Waals surface area contributed by atoms with E-state index in [0.29, 0.717) is 36.7 Å². The van der Waals surface area contributed by atoms with Crippen molar-refractivity contribution < 1.29 is 19.1 Å². The molecule has 28 heavy (non-hydrogen) atoms. The van der Waals surface area contributed by atoms with Crippen LogP contribution in [0.4, 0.5) is 9.93 Å². The van der Waals surface area contributed by atoms with Gasteiger partial charge in [0.05, 0.1) is 18.2 Å². The molecule has 1 aliphatic heterocycles. The minimum atomic E-state index is -0.411. The number of hydrogen-bond donors (Lipinski definition) is 3. The molecule has 0 saturated carbocycles. The molecule has 0 saturated heterocycles. The van der Waals surface area contributed by atoms with E-state index in [-0.39, 0.29) is 18.7 Å². The van der Waals surface area contributed by atoms with Gasteiger partial charge in [0.1, 0.15) is 0 Å². The SMILES string of the molecule is CCOCCCNc1nnc(SCC2=C(C(=O)OCC)[C@@H](CC)NC(=O)N2)s1. The van der Waals surface area contributed by atoms with Crippen molar-refractivity contribution in [1.29, 1.82) is 0 Å². The van der Waals surface area contributed by atoms with E-state index < -0.39 is 5.97 Å². The van der Waals surface area contributed by atoms with E-state index in [2.05, 4.69) is 26.1 Å². The Morgan fingerprint density at radius 1 is 1.29 bits per heavy atom. The molecule has 2 rings (SSSR count). The molecule has 9 nitrogen and oxygen atoms in total. The van der Waals surface area contributed by atoms with Gasteiger partial charge in [0.2, 0.25) is 5.13 Å². The standard InChI is InChI=1S/C17H27N5O4S2/c1-4-11-13(14(23)26-6-3)12(20-15(24)19-11)10-27-17-22-21-16(28-17)18-8-7-9-25-5-2/h11H,4-10H2,1-3H3,(H,18,21)(H2,19,20,24)/t11-/m1/s1. The van der Waals surface area contributed by atoms with Gasteiger partial charge < -0.3 is 25.4 Å². The maximum absolute atomic E-state index is 12.4. The molecule has 0 bridgehead atoms. The third kappa shape index (κ3) is 6.64. The largest absolute Gasteiger partial charge is 0.463 e. The molecule has 156 valence electrons. The second-order valence-electron chi connectivity index (χ2n) is 5.81. The topological polar surface area (TPSA) is 114 Å². The molecule has 3 N–H and O–H groups in total. The lowest BCUT2D eigenvalue weighted by molar-refractivity contribution is -0.139. The van der Waals surface area contributed by atoms with Crippen LogP contribution in [0, 0.1) is 0 Å². The number of esters is 1. The first-order valence-electron chi connectivity index (χ1n) is 9.34. The number of hydrogen-bond acceptors (Lipinski definition) is 9. The molecule has 0 radical (unpaired) electrons. The van der Waals surface area contributed by atoms with Crippen molar-refractivity contribution >= 4 is 40.2 Å². The van der Waals surface area contributed by atoms with Crippen LogP contribution >= 0.6 is 23.1 Å². The lowest BCUT2D eigenvalue weighted by Gasteiger charge is -2.28. The summed E-state index contributed by atoms with van der Waals surface area (Å²) in [6, 6.07) is -0.676. The van der Waals surface area contributed by atoms with Crippen molar-refractivity contribution in [1.82, 2.24) is 20.8 Å². The van der Waals surface area contributed by atoms with Crippen molar-refractivity contribution in [3.05, 3.63) is 11.3 Å². The van der Waals surface area contributed by atoms with E-state index in [1.807, 2.05) is 13.8 Å². The molecule has 11 heteroatoms. The first kappa shape index (κ1) is 22.4. The molecular formula is C17H27N5O4S2. The minimum absolute atomic E-state index is 0.280. The van der Waals surface area contributed by atoms with Crippen molar-refractivity contribution in [3.63, 3.8) is 0 Å². The molecule has 0 unspecified atom stereocenters. The number of thioether (sulfide) groups is 1. The lowest BCUT2D eigenvalue weighted by atomic mass is 10.0. The van der Waals surface area contributed by atoms with Crippen molar-refractivity contribution in [3.8, 4) is 0 Å². The molecular weight excluding hydrogens is 402 g/mol. The van der Waals surface area contributed by atoms with E-state index in [1.54, 1.807) is 6.92 Å². The van der Waals surface area contributed by atoms with Gasteiger partial charge in [0, 0.05) is 31.2 Å². The second-order valence-corrected chi connectivity index (χ2v) is 8.01. The van der Waals surface area contributed by atoms with Gasteiger partial charge in [-0.2, -0.15) is 0 Å². The van der Waals surface area contributed by atoms with Gasteiger partial charge in [-0.1, -0.05) is 30.0 Å². The Labute approximate surface area is 173 Å². The summed E-state index contributed by atoms with van der Waals surface area (Å²) < 4.78 is 11.2. The predicted molar refractivity (Wildman–Crippen MR) is 110 cm³/mol. The molecule has 1 aromatic rings. The van der Waals surface area contributed by atoms with Crippen LogP contribution < -0.4 is 16.0 Å². The average Bonchev–Trinajstić information content (AvgIpc) is 3.13. The molecule has 1 aromatic heterocycles. The number of amides is 2. The third-order valence-corrected chi connectivity index (χ3v) is 5.88. The zero-order chi connectivity index (χ0) is 20.4. The normalized spacial score (nSPS) is 16.5. The van der Waals surface area contributed by atoms with Gasteiger partial charge in [-0.25, -0.2) is 9.59 Å². The van der Waals surface area contributed by atoms with Crippen LogP contribution in [0.5, 0.6) is 0 Å². The van der Waals surface area contributed by atoms with Crippen LogP contribution in [-0.2, 0) is 14.3 Å². The van der Waals surface area contributed by atoms with Crippen molar-refractivity contribution in [2.75, 3.05) is 37.4 Å². The highest BCUT2D eigenvalue weighted by atomic mass is 32.2. The Bertz CT molecular complexity index is 695. The fraction of sp³-hybridized carbons (Fsp3) is 0.647. The molecule has 0 spiro atoms. The van der Waals surface area contributed by atoms with Gasteiger partial charge in [-0.15, -0.1) is 10.2 Å². The molecule has 1 atom stereocenters. The smallest absolute Gasteiger partial charge is 0.337 e. The van der Waals surface area contributed by atoms with Gasteiger partial charge in [-0.3, -0.25) is 0 Å².